The summed E-state index contributed by atoms with van der Waals surface area (Å²) in [4.78, 5) is 46.2. The fourth-order valence-corrected chi connectivity index (χ4v) is 2.13. The van der Waals surface area contributed by atoms with Gasteiger partial charge in [0.05, 0.1) is 25.2 Å². The molecule has 0 bridgehead atoms. The van der Waals surface area contributed by atoms with E-state index in [0.29, 0.717) is 25.4 Å². The van der Waals surface area contributed by atoms with Crippen molar-refractivity contribution < 1.29 is 38.9 Å². The van der Waals surface area contributed by atoms with Crippen molar-refractivity contribution in [3.05, 3.63) is 24.3 Å². The quantitative estimate of drug-likeness (QED) is 0.119. The van der Waals surface area contributed by atoms with Crippen LogP contribution in [0.3, 0.4) is 0 Å². The number of carboxylic acid groups (broad SMARTS) is 2. The topological polar surface area (TPSA) is 133 Å². The van der Waals surface area contributed by atoms with Crippen LogP contribution in [0.5, 0.6) is 0 Å². The predicted octanol–water partition coefficient (Wildman–Crippen LogP) is 2.40. The maximum absolute atomic E-state index is 10.8. The summed E-state index contributed by atoms with van der Waals surface area (Å²) >= 11 is 0.230. The first-order valence-corrected chi connectivity index (χ1v) is 17.2. The molecule has 0 atom stereocenters. The third-order valence-corrected chi connectivity index (χ3v) is 3.70. The first-order chi connectivity index (χ1) is 15.7. The number of unbranched alkanes of at least 4 members (excludes halogenated alkanes) is 8. The van der Waals surface area contributed by atoms with E-state index in [-0.39, 0.29) is 21.1 Å². The Morgan fingerprint density at radius 2 is 0.909 bits per heavy atom. The molecule has 0 radical (unpaired) electrons. The summed E-state index contributed by atoms with van der Waals surface area (Å²) < 4.78 is 9.51. The minimum atomic E-state index is -1.39. The molecule has 0 aromatic rings. The van der Waals surface area contributed by atoms with Gasteiger partial charge in [-0.05, 0) is 25.0 Å². The average molecular weight is 575 g/mol. The van der Waals surface area contributed by atoms with Crippen LogP contribution in [0.4, 0.5) is 0 Å². The predicted molar refractivity (Wildman–Crippen MR) is 125 cm³/mol. The third kappa shape index (κ3) is 41.0. The molecule has 0 aliphatic rings. The Hall–Kier alpha value is -1.84. The van der Waals surface area contributed by atoms with Gasteiger partial charge in [0.2, 0.25) is 0 Å². The van der Waals surface area contributed by atoms with E-state index in [2.05, 4.69) is 23.7 Å². The SMILES string of the molecule is CCCCCCCOC(=O)/C=C\C(=O)[O-].CCCCCCCOC(=O)/C=C\C(=O)[O-].[CH3][Sn+2][CH3]. The van der Waals surface area contributed by atoms with Gasteiger partial charge in [0, 0.05) is 12.2 Å². The molecule has 9 heteroatoms. The molecule has 0 aliphatic heterocycles. The molecule has 188 valence electrons. The molecule has 0 amide bonds. The molecule has 0 spiro atoms. The molecule has 0 saturated heterocycles. The van der Waals surface area contributed by atoms with Gasteiger partial charge in [-0.1, -0.05) is 65.2 Å². The van der Waals surface area contributed by atoms with Crippen molar-refractivity contribution in [2.45, 2.75) is 87.9 Å². The summed E-state index contributed by atoms with van der Waals surface area (Å²) in [6, 6.07) is 0. The van der Waals surface area contributed by atoms with E-state index in [1.54, 1.807) is 0 Å². The zero-order chi connectivity index (χ0) is 25.7. The number of aliphatic carboxylic acids is 2. The number of carbonyl (C=O) groups excluding carboxylic acids is 4. The fourth-order valence-electron chi connectivity index (χ4n) is 2.13. The Bertz CT molecular complexity index is 511. The van der Waals surface area contributed by atoms with E-state index < -0.39 is 23.9 Å². The van der Waals surface area contributed by atoms with Crippen LogP contribution in [-0.2, 0) is 28.7 Å². The van der Waals surface area contributed by atoms with Gasteiger partial charge in [0.15, 0.2) is 0 Å². The summed E-state index contributed by atoms with van der Waals surface area (Å²) in [5.41, 5.74) is 0. The molecule has 33 heavy (non-hydrogen) atoms. The van der Waals surface area contributed by atoms with Gasteiger partial charge in [0.1, 0.15) is 0 Å². The van der Waals surface area contributed by atoms with Crippen LogP contribution in [0.15, 0.2) is 24.3 Å². The van der Waals surface area contributed by atoms with E-state index in [1.807, 2.05) is 0 Å². The maximum atomic E-state index is 10.8. The zero-order valence-electron chi connectivity index (χ0n) is 20.6. The summed E-state index contributed by atoms with van der Waals surface area (Å²) in [6.07, 6.45) is 13.8. The molecule has 0 heterocycles. The summed E-state index contributed by atoms with van der Waals surface area (Å²) in [7, 11) is 0. The van der Waals surface area contributed by atoms with Crippen LogP contribution in [0, 0.1) is 0 Å². The van der Waals surface area contributed by atoms with Crippen molar-refractivity contribution in [2.75, 3.05) is 13.2 Å². The molecule has 0 N–H and O–H groups in total. The van der Waals surface area contributed by atoms with Gasteiger partial charge in [-0.25, -0.2) is 9.59 Å². The second kappa shape index (κ2) is 30.2. The van der Waals surface area contributed by atoms with Gasteiger partial charge in [0.25, 0.3) is 0 Å². The number of carboxylic acids is 2. The zero-order valence-corrected chi connectivity index (χ0v) is 23.4. The van der Waals surface area contributed by atoms with E-state index >= 15 is 0 Å². The Morgan fingerprint density at radius 1 is 0.606 bits per heavy atom. The Balaban J connectivity index is -0.000000487. The molecule has 0 aromatic heterocycles. The third-order valence-electron chi connectivity index (χ3n) is 3.70. The van der Waals surface area contributed by atoms with E-state index in [4.69, 9.17) is 9.47 Å². The number of ether oxygens (including phenoxy) is 2. The minimum absolute atomic E-state index is 0.230. The number of hydrogen-bond donors (Lipinski definition) is 0. The molecule has 0 rings (SSSR count). The normalized spacial score (nSPS) is 9.82. The molecule has 0 unspecified atom stereocenters. The van der Waals surface area contributed by atoms with Crippen LogP contribution in [0.25, 0.3) is 0 Å². The van der Waals surface area contributed by atoms with Gasteiger partial charge < -0.3 is 29.3 Å². The van der Waals surface area contributed by atoms with Crippen molar-refractivity contribution in [1.82, 2.24) is 0 Å². The van der Waals surface area contributed by atoms with Crippen LogP contribution in [-0.4, -0.2) is 58.2 Å². The number of esters is 2. The van der Waals surface area contributed by atoms with Crippen LogP contribution in [0.2, 0.25) is 9.88 Å². The van der Waals surface area contributed by atoms with E-state index in [0.717, 1.165) is 50.7 Å². The van der Waals surface area contributed by atoms with Crippen molar-refractivity contribution in [2.24, 2.45) is 0 Å². The Kier molecular flexibility index (Phi) is 32.7. The average Bonchev–Trinajstić information content (AvgIpc) is 2.76. The molecule has 8 nitrogen and oxygen atoms in total. The summed E-state index contributed by atoms with van der Waals surface area (Å²) in [6.45, 7) is 4.95. The van der Waals surface area contributed by atoms with E-state index in [9.17, 15) is 29.4 Å². The van der Waals surface area contributed by atoms with E-state index in [1.165, 1.54) is 25.7 Å². The standard InChI is InChI=1S/2C11H18O4.2CH3.Sn/c2*1-2-3-4-5-6-9-15-11(14)8-7-10(12)13;;;/h2*7-8H,2-6,9H2,1H3,(H,12,13);2*1H3;/q;;;;+2/p-2/b2*8-7-;;;. The monoisotopic (exact) mass is 576 g/mol. The fraction of sp³-hybridized carbons (Fsp3) is 0.667. The van der Waals surface area contributed by atoms with Crippen molar-refractivity contribution in [1.29, 1.82) is 0 Å². The molecular formula is C24H40O8Sn. The van der Waals surface area contributed by atoms with Gasteiger partial charge in [-0.2, -0.15) is 0 Å². The van der Waals surface area contributed by atoms with Gasteiger partial charge >= 0.3 is 43.0 Å². The summed E-state index contributed by atoms with van der Waals surface area (Å²) in [5.74, 6) is -4.05. The first-order valence-electron chi connectivity index (χ1n) is 11.4. The van der Waals surface area contributed by atoms with Crippen molar-refractivity contribution in [3.8, 4) is 0 Å². The molecular weight excluding hydrogens is 535 g/mol. The molecule has 0 aliphatic carbocycles. The molecule has 0 fully saturated rings. The first kappa shape index (κ1) is 35.7. The Labute approximate surface area is 209 Å². The number of hydrogen-bond acceptors (Lipinski definition) is 8. The van der Waals surface area contributed by atoms with Crippen LogP contribution < -0.4 is 10.2 Å². The number of carbonyl (C=O) groups is 4. The van der Waals surface area contributed by atoms with Crippen LogP contribution in [0.1, 0.15) is 78.1 Å². The molecule has 0 saturated carbocycles. The van der Waals surface area contributed by atoms with Crippen molar-refractivity contribution >= 4 is 45.0 Å². The van der Waals surface area contributed by atoms with Crippen molar-refractivity contribution in [3.63, 3.8) is 0 Å². The molecule has 0 aromatic carbocycles. The Morgan fingerprint density at radius 3 is 1.18 bits per heavy atom. The second-order valence-electron chi connectivity index (χ2n) is 6.97. The van der Waals surface area contributed by atoms with Gasteiger partial charge in [-0.15, -0.1) is 0 Å². The number of rotatable bonds is 16. The second-order valence-corrected chi connectivity index (χ2v) is 9.82. The summed E-state index contributed by atoms with van der Waals surface area (Å²) in [5, 5.41) is 19.9. The van der Waals surface area contributed by atoms with Crippen LogP contribution >= 0.6 is 0 Å². The van der Waals surface area contributed by atoms with Gasteiger partial charge in [-0.3, -0.25) is 0 Å².